The van der Waals surface area contributed by atoms with Crippen molar-refractivity contribution in [2.24, 2.45) is 5.92 Å². The van der Waals surface area contributed by atoms with E-state index in [0.29, 0.717) is 5.92 Å². The molecule has 0 radical (unpaired) electrons. The quantitative estimate of drug-likeness (QED) is 0.770. The highest BCUT2D eigenvalue weighted by atomic mass is 16.5. The van der Waals surface area contributed by atoms with E-state index in [9.17, 15) is 4.79 Å². The molecule has 0 saturated carbocycles. The van der Waals surface area contributed by atoms with Crippen LogP contribution in [0.3, 0.4) is 0 Å². The molecule has 0 amide bonds. The Labute approximate surface area is 115 Å². The summed E-state index contributed by atoms with van der Waals surface area (Å²) in [4.78, 5) is 11.0. The summed E-state index contributed by atoms with van der Waals surface area (Å²) in [5.74, 6) is 1.13. The molecular weight excluding hydrogens is 242 g/mol. The Hall–Kier alpha value is -1.55. The molecule has 4 nitrogen and oxygen atoms in total. The predicted molar refractivity (Wildman–Crippen MR) is 75.2 cm³/mol. The van der Waals surface area contributed by atoms with Gasteiger partial charge in [0, 0.05) is 6.04 Å². The summed E-state index contributed by atoms with van der Waals surface area (Å²) in [6.07, 6.45) is 0. The van der Waals surface area contributed by atoms with Crippen LogP contribution < -0.4 is 10.1 Å². The zero-order valence-electron chi connectivity index (χ0n) is 12.1. The van der Waals surface area contributed by atoms with Crippen molar-refractivity contribution in [3.63, 3.8) is 0 Å². The van der Waals surface area contributed by atoms with Gasteiger partial charge in [-0.25, -0.2) is 0 Å². The van der Waals surface area contributed by atoms with Crippen molar-refractivity contribution >= 4 is 5.97 Å². The molecule has 1 atom stereocenters. The summed E-state index contributed by atoms with van der Waals surface area (Å²) < 4.78 is 10.2. The molecule has 0 aliphatic carbocycles. The summed E-state index contributed by atoms with van der Waals surface area (Å²) in [5, 5.41) is 3.10. The van der Waals surface area contributed by atoms with Gasteiger partial charge in [0.15, 0.2) is 0 Å². The number of hydrogen-bond donors (Lipinski definition) is 1. The van der Waals surface area contributed by atoms with Gasteiger partial charge in [0.05, 0.1) is 20.3 Å². The van der Waals surface area contributed by atoms with Crippen LogP contribution in [0.25, 0.3) is 0 Å². The standard InChI is InChI=1S/C15H23NO3/c1-11(2)10-19-14-7-5-13(6-8-14)12(3)16-9-15(17)18-4/h5-8,11-12,16H,9-10H2,1-4H3. The summed E-state index contributed by atoms with van der Waals surface area (Å²) in [5.41, 5.74) is 1.11. The van der Waals surface area contributed by atoms with Gasteiger partial charge in [-0.2, -0.15) is 0 Å². The molecule has 1 aromatic carbocycles. The van der Waals surface area contributed by atoms with Crippen molar-refractivity contribution < 1.29 is 14.3 Å². The van der Waals surface area contributed by atoms with Gasteiger partial charge in [0.25, 0.3) is 0 Å². The van der Waals surface area contributed by atoms with Crippen LogP contribution in [-0.4, -0.2) is 26.2 Å². The van der Waals surface area contributed by atoms with Crippen LogP contribution in [0.5, 0.6) is 5.75 Å². The van der Waals surface area contributed by atoms with Crippen molar-refractivity contribution in [1.82, 2.24) is 5.32 Å². The Bertz CT molecular complexity index is 387. The van der Waals surface area contributed by atoms with Crippen LogP contribution in [0.1, 0.15) is 32.4 Å². The monoisotopic (exact) mass is 265 g/mol. The van der Waals surface area contributed by atoms with E-state index in [2.05, 4.69) is 23.9 Å². The third-order valence-electron chi connectivity index (χ3n) is 2.74. The van der Waals surface area contributed by atoms with Gasteiger partial charge in [-0.15, -0.1) is 0 Å². The van der Waals surface area contributed by atoms with Crippen LogP contribution in [0.4, 0.5) is 0 Å². The van der Waals surface area contributed by atoms with Crippen LogP contribution in [0.15, 0.2) is 24.3 Å². The maximum absolute atomic E-state index is 11.0. The van der Waals surface area contributed by atoms with Crippen molar-refractivity contribution in [3.05, 3.63) is 29.8 Å². The van der Waals surface area contributed by atoms with Gasteiger partial charge < -0.3 is 14.8 Å². The fraction of sp³-hybridized carbons (Fsp3) is 0.533. The minimum atomic E-state index is -0.260. The molecule has 0 aromatic heterocycles. The number of carbonyl (C=O) groups excluding carboxylic acids is 1. The fourth-order valence-corrected chi connectivity index (χ4v) is 1.54. The lowest BCUT2D eigenvalue weighted by atomic mass is 10.1. The zero-order chi connectivity index (χ0) is 14.3. The molecule has 0 fully saturated rings. The maximum atomic E-state index is 11.0. The lowest BCUT2D eigenvalue weighted by Crippen LogP contribution is -2.26. The zero-order valence-corrected chi connectivity index (χ0v) is 12.1. The SMILES string of the molecule is COC(=O)CNC(C)c1ccc(OCC(C)C)cc1. The lowest BCUT2D eigenvalue weighted by Gasteiger charge is -2.14. The number of methoxy groups -OCH3 is 1. The first kappa shape index (κ1) is 15.5. The number of ether oxygens (including phenoxy) is 2. The second-order valence-electron chi connectivity index (χ2n) is 4.95. The van der Waals surface area contributed by atoms with Gasteiger partial charge in [0.1, 0.15) is 5.75 Å². The lowest BCUT2D eigenvalue weighted by molar-refractivity contribution is -0.139. The molecule has 0 bridgehead atoms. The van der Waals surface area contributed by atoms with E-state index in [1.807, 2.05) is 31.2 Å². The minimum absolute atomic E-state index is 0.0956. The Kier molecular flexibility index (Phi) is 6.36. The Morgan fingerprint density at radius 1 is 1.21 bits per heavy atom. The first-order chi connectivity index (χ1) is 9.02. The van der Waals surface area contributed by atoms with E-state index >= 15 is 0 Å². The third-order valence-corrected chi connectivity index (χ3v) is 2.74. The van der Waals surface area contributed by atoms with Gasteiger partial charge in [-0.1, -0.05) is 26.0 Å². The summed E-state index contributed by atoms with van der Waals surface area (Å²) in [6, 6.07) is 8.01. The Morgan fingerprint density at radius 2 is 1.84 bits per heavy atom. The van der Waals surface area contributed by atoms with E-state index in [4.69, 9.17) is 4.74 Å². The largest absolute Gasteiger partial charge is 0.493 e. The van der Waals surface area contributed by atoms with E-state index in [1.54, 1.807) is 0 Å². The average molecular weight is 265 g/mol. The second kappa shape index (κ2) is 7.79. The molecule has 4 heteroatoms. The molecule has 0 aliphatic rings. The molecule has 0 heterocycles. The van der Waals surface area contributed by atoms with E-state index < -0.39 is 0 Å². The number of nitrogens with one attached hydrogen (secondary N) is 1. The van der Waals surface area contributed by atoms with Crippen molar-refractivity contribution in [2.75, 3.05) is 20.3 Å². The molecule has 0 aliphatic heterocycles. The first-order valence-corrected chi connectivity index (χ1v) is 6.56. The summed E-state index contributed by atoms with van der Waals surface area (Å²) in [6.45, 7) is 7.17. The molecule has 106 valence electrons. The van der Waals surface area contributed by atoms with Gasteiger partial charge in [0.2, 0.25) is 0 Å². The van der Waals surface area contributed by atoms with E-state index in [1.165, 1.54) is 7.11 Å². The topological polar surface area (TPSA) is 47.6 Å². The summed E-state index contributed by atoms with van der Waals surface area (Å²) >= 11 is 0. The number of esters is 1. The van der Waals surface area contributed by atoms with Crippen LogP contribution in [0.2, 0.25) is 0 Å². The number of rotatable bonds is 7. The molecule has 1 N–H and O–H groups in total. The van der Waals surface area contributed by atoms with Gasteiger partial charge in [-0.05, 0) is 30.5 Å². The van der Waals surface area contributed by atoms with Gasteiger partial charge >= 0.3 is 5.97 Å². The van der Waals surface area contributed by atoms with E-state index in [0.717, 1.165) is 17.9 Å². The van der Waals surface area contributed by atoms with Crippen LogP contribution in [-0.2, 0) is 9.53 Å². The Morgan fingerprint density at radius 3 is 2.37 bits per heavy atom. The highest BCUT2D eigenvalue weighted by molar-refractivity contribution is 5.71. The number of benzene rings is 1. The summed E-state index contributed by atoms with van der Waals surface area (Å²) in [7, 11) is 1.38. The third kappa shape index (κ3) is 5.75. The van der Waals surface area contributed by atoms with Crippen molar-refractivity contribution in [2.45, 2.75) is 26.8 Å². The molecule has 0 saturated heterocycles. The number of carbonyl (C=O) groups is 1. The van der Waals surface area contributed by atoms with E-state index in [-0.39, 0.29) is 18.6 Å². The molecule has 1 unspecified atom stereocenters. The second-order valence-corrected chi connectivity index (χ2v) is 4.95. The number of hydrogen-bond acceptors (Lipinski definition) is 4. The fourth-order valence-electron chi connectivity index (χ4n) is 1.54. The molecule has 0 spiro atoms. The molecule has 19 heavy (non-hydrogen) atoms. The maximum Gasteiger partial charge on any atom is 0.319 e. The average Bonchev–Trinajstić information content (AvgIpc) is 2.42. The molecule has 1 rings (SSSR count). The smallest absolute Gasteiger partial charge is 0.319 e. The van der Waals surface area contributed by atoms with Crippen LogP contribution >= 0.6 is 0 Å². The highest BCUT2D eigenvalue weighted by Crippen LogP contribution is 2.18. The predicted octanol–water partition coefficient (Wildman–Crippen LogP) is 2.55. The van der Waals surface area contributed by atoms with Crippen molar-refractivity contribution in [1.29, 1.82) is 0 Å². The Balaban J connectivity index is 2.48. The normalized spacial score (nSPS) is 12.3. The minimum Gasteiger partial charge on any atom is -0.493 e. The molecular formula is C15H23NO3. The molecule has 1 aromatic rings. The van der Waals surface area contributed by atoms with Gasteiger partial charge in [-0.3, -0.25) is 4.79 Å². The highest BCUT2D eigenvalue weighted by Gasteiger charge is 2.07. The van der Waals surface area contributed by atoms with Crippen LogP contribution in [0, 0.1) is 5.92 Å². The van der Waals surface area contributed by atoms with Crippen molar-refractivity contribution in [3.8, 4) is 5.75 Å². The first-order valence-electron chi connectivity index (χ1n) is 6.56.